The van der Waals surface area contributed by atoms with E-state index >= 15 is 0 Å². The molecular weight excluding hydrogens is 178 g/mol. The molecule has 1 atom stereocenters. The molecule has 0 aromatic carbocycles. The van der Waals surface area contributed by atoms with Gasteiger partial charge >= 0.3 is 0 Å². The SMILES string of the molecule is [2H]C([2H])([2H])C1([2H])C([2H])([2H])N(c2ccc(=O)[nH]n2)C([2H])([2H])C([2H])([2H])C1([2H])[2H]. The van der Waals surface area contributed by atoms with Crippen molar-refractivity contribution in [3.05, 3.63) is 22.5 Å². The van der Waals surface area contributed by atoms with Crippen molar-refractivity contribution in [1.82, 2.24) is 10.2 Å². The van der Waals surface area contributed by atoms with Crippen molar-refractivity contribution in [3.63, 3.8) is 0 Å². The molecule has 0 aliphatic carbocycles. The minimum absolute atomic E-state index is 0.0450. The van der Waals surface area contributed by atoms with Crippen LogP contribution in [-0.2, 0) is 0 Å². The van der Waals surface area contributed by atoms with E-state index in [4.69, 9.17) is 16.4 Å². The van der Waals surface area contributed by atoms with Crippen molar-refractivity contribution in [1.29, 1.82) is 0 Å². The van der Waals surface area contributed by atoms with Crippen LogP contribution >= 0.6 is 0 Å². The van der Waals surface area contributed by atoms with Gasteiger partial charge in [-0.25, -0.2) is 5.10 Å². The Labute approximate surface area is 99.8 Å². The monoisotopic (exact) mass is 205 g/mol. The van der Waals surface area contributed by atoms with Crippen LogP contribution in [0.5, 0.6) is 0 Å². The molecule has 14 heavy (non-hydrogen) atoms. The van der Waals surface area contributed by atoms with E-state index in [1.165, 1.54) is 0 Å². The van der Waals surface area contributed by atoms with E-state index in [0.717, 1.165) is 12.1 Å². The molecule has 1 N–H and O–H groups in total. The molecule has 1 saturated heterocycles. The fourth-order valence-electron chi connectivity index (χ4n) is 0.890. The number of piperidine rings is 1. The van der Waals surface area contributed by atoms with Gasteiger partial charge in [-0.15, -0.1) is 0 Å². The summed E-state index contributed by atoms with van der Waals surface area (Å²) in [7, 11) is 0. The van der Waals surface area contributed by atoms with Crippen LogP contribution in [-0.4, -0.2) is 23.2 Å². The van der Waals surface area contributed by atoms with Gasteiger partial charge in [-0.05, 0) is 24.7 Å². The molecule has 4 nitrogen and oxygen atoms in total. The number of rotatable bonds is 1. The Morgan fingerprint density at radius 2 is 2.79 bits per heavy atom. The number of H-pyrrole nitrogens is 1. The van der Waals surface area contributed by atoms with Gasteiger partial charge in [0, 0.05) is 35.5 Å². The highest BCUT2D eigenvalue weighted by Crippen LogP contribution is 2.19. The number of nitrogens with one attached hydrogen (secondary N) is 1. The van der Waals surface area contributed by atoms with Gasteiger partial charge in [0.25, 0.3) is 5.56 Å². The normalized spacial score (nSPS) is 55.6. The highest BCUT2D eigenvalue weighted by Gasteiger charge is 2.17. The quantitative estimate of drug-likeness (QED) is 0.744. The zero-order valence-corrected chi connectivity index (χ0v) is 6.96. The number of aromatic amines is 1. The van der Waals surface area contributed by atoms with Crippen LogP contribution < -0.4 is 10.5 Å². The summed E-state index contributed by atoms with van der Waals surface area (Å²) < 4.78 is 94.6. The van der Waals surface area contributed by atoms with Crippen molar-refractivity contribution in [3.8, 4) is 0 Å². The smallest absolute Gasteiger partial charge is 0.264 e. The van der Waals surface area contributed by atoms with Crippen LogP contribution in [0.15, 0.2) is 16.9 Å². The Morgan fingerprint density at radius 3 is 3.50 bits per heavy atom. The van der Waals surface area contributed by atoms with Crippen LogP contribution in [0.4, 0.5) is 5.82 Å². The van der Waals surface area contributed by atoms with E-state index < -0.39 is 49.9 Å². The first kappa shape index (κ1) is 2.62. The van der Waals surface area contributed by atoms with E-state index in [-0.39, 0.29) is 4.90 Å². The fourth-order valence-corrected chi connectivity index (χ4v) is 0.890. The largest absolute Gasteiger partial charge is 0.355 e. The predicted molar refractivity (Wildman–Crippen MR) is 55.5 cm³/mol. The summed E-state index contributed by atoms with van der Waals surface area (Å²) in [6, 6.07) is 1.65. The molecule has 76 valence electrons. The maximum Gasteiger partial charge on any atom is 0.264 e. The summed E-state index contributed by atoms with van der Waals surface area (Å²) in [6.07, 6.45) is -7.41. The average molecular weight is 205 g/mol. The Bertz CT molecular complexity index is 751. The highest BCUT2D eigenvalue weighted by atomic mass is 16.1. The molecule has 1 aromatic heterocycles. The van der Waals surface area contributed by atoms with Gasteiger partial charge in [-0.3, -0.25) is 4.79 Å². The molecule has 0 spiro atoms. The molecule has 0 amide bonds. The maximum absolute atomic E-state index is 11.2. The maximum atomic E-state index is 11.2. The van der Waals surface area contributed by atoms with Gasteiger partial charge in [-0.2, -0.15) is 5.10 Å². The summed E-state index contributed by atoms with van der Waals surface area (Å²) in [6.45, 7) is -10.7. The number of nitrogens with zero attached hydrogens (tertiary/aromatic N) is 2. The van der Waals surface area contributed by atoms with Crippen LogP contribution in [0.1, 0.15) is 36.0 Å². The van der Waals surface area contributed by atoms with E-state index in [9.17, 15) is 4.79 Å². The molecule has 1 aliphatic heterocycles. The lowest BCUT2D eigenvalue weighted by Crippen LogP contribution is -2.35. The lowest BCUT2D eigenvalue weighted by Gasteiger charge is -2.31. The Hall–Kier alpha value is -1.32. The second kappa shape index (κ2) is 3.82. The van der Waals surface area contributed by atoms with Gasteiger partial charge in [0.2, 0.25) is 0 Å². The van der Waals surface area contributed by atoms with Gasteiger partial charge in [-0.1, -0.05) is 6.85 Å². The first-order chi connectivity index (χ1) is 11.4. The van der Waals surface area contributed by atoms with Gasteiger partial charge in [0.1, 0.15) is 5.82 Å². The first-order valence-corrected chi connectivity index (χ1v) is 3.73. The summed E-state index contributed by atoms with van der Waals surface area (Å²) >= 11 is 0. The summed E-state index contributed by atoms with van der Waals surface area (Å²) in [4.78, 5) is 11.1. The van der Waals surface area contributed by atoms with Gasteiger partial charge in [0.15, 0.2) is 0 Å². The van der Waals surface area contributed by atoms with E-state index in [0.29, 0.717) is 0 Å². The molecule has 2 heterocycles. The molecule has 1 unspecified atom stereocenters. The number of anilines is 1. The zero-order chi connectivity index (χ0) is 20.6. The number of hydrogen-bond acceptors (Lipinski definition) is 3. The van der Waals surface area contributed by atoms with Gasteiger partial charge in [0.05, 0.1) is 0 Å². The van der Waals surface area contributed by atoms with E-state index in [1.807, 2.05) is 5.10 Å². The molecule has 1 aromatic rings. The molecule has 0 radical (unpaired) electrons. The summed E-state index contributed by atoms with van der Waals surface area (Å²) in [5.41, 5.74) is -0.738. The minimum atomic E-state index is -3.77. The van der Waals surface area contributed by atoms with Crippen molar-refractivity contribution < 1.29 is 16.4 Å². The average Bonchev–Trinajstić information content (AvgIpc) is 2.45. The first-order valence-electron chi connectivity index (χ1n) is 9.73. The second-order valence-corrected chi connectivity index (χ2v) is 2.46. The summed E-state index contributed by atoms with van der Waals surface area (Å²) in [5.74, 6) is -4.43. The molecular formula is C10H15N3O. The lowest BCUT2D eigenvalue weighted by molar-refractivity contribution is 0.443. The van der Waals surface area contributed by atoms with Crippen molar-refractivity contribution in [2.24, 2.45) is 5.89 Å². The molecule has 0 saturated carbocycles. The third-order valence-corrected chi connectivity index (χ3v) is 1.47. The topological polar surface area (TPSA) is 49.0 Å². The third kappa shape index (κ3) is 1.95. The number of aromatic nitrogens is 2. The van der Waals surface area contributed by atoms with Crippen molar-refractivity contribution in [2.45, 2.75) is 19.6 Å². The molecule has 1 fully saturated rings. The number of hydrogen-bond donors (Lipinski definition) is 1. The predicted octanol–water partition coefficient (Wildman–Crippen LogP) is 1.01. The van der Waals surface area contributed by atoms with Crippen LogP contribution in [0.25, 0.3) is 0 Å². The van der Waals surface area contributed by atoms with Crippen LogP contribution in [0.2, 0.25) is 0 Å². The molecule has 0 bridgehead atoms. The molecule has 4 heteroatoms. The van der Waals surface area contributed by atoms with Gasteiger partial charge < -0.3 is 4.90 Å². The summed E-state index contributed by atoms with van der Waals surface area (Å²) in [5, 5.41) is 5.29. The highest BCUT2D eigenvalue weighted by molar-refractivity contribution is 5.36. The lowest BCUT2D eigenvalue weighted by atomic mass is 10.0. The van der Waals surface area contributed by atoms with Crippen LogP contribution in [0, 0.1) is 5.89 Å². The van der Waals surface area contributed by atoms with Crippen molar-refractivity contribution >= 4 is 5.82 Å². The third-order valence-electron chi connectivity index (χ3n) is 1.47. The Morgan fingerprint density at radius 1 is 1.86 bits per heavy atom. The minimum Gasteiger partial charge on any atom is -0.355 e. The fraction of sp³-hybridized carbons (Fsp3) is 0.600. The van der Waals surface area contributed by atoms with E-state index in [2.05, 4.69) is 5.10 Å². The van der Waals surface area contributed by atoms with Crippen LogP contribution in [0.3, 0.4) is 0 Å². The van der Waals surface area contributed by atoms with E-state index in [1.54, 1.807) is 0 Å². The standard InChI is InChI=1S/C10H15N3O/c1-8-3-2-6-13(7-8)9-4-5-10(14)12-11-9/h4-5,8H,2-3,6-7H2,1H3,(H,12,14)/i1D3,2D2,3D2,6D2,7D2,8D. The van der Waals surface area contributed by atoms with Crippen molar-refractivity contribution in [2.75, 3.05) is 17.9 Å². The Balaban J connectivity index is 2.92. The second-order valence-electron chi connectivity index (χ2n) is 2.46. The Kier molecular flexibility index (Phi) is 0.715. The zero-order valence-electron chi connectivity index (χ0n) is 19.0. The molecule has 1 aliphatic rings. The molecule has 2 rings (SSSR count).